The van der Waals surface area contributed by atoms with Crippen LogP contribution in [0.4, 0.5) is 0 Å². The third-order valence-electron chi connectivity index (χ3n) is 6.70. The molecule has 0 saturated carbocycles. The standard InChI is InChI=1S/C27H30N6O2S2/c1-19-22(27(35)32-12-10-31(11-13-32)17-25(34)30(2)3)15-24(33(19)16-21-5-4-14-36-21)23-18-37-26(29-23)20-6-8-28-9-7-20/h4-9,14-15,18H,10-13,16-17H2,1-3H3. The quantitative estimate of drug-likeness (QED) is 0.359. The van der Waals surface area contributed by atoms with Gasteiger partial charge in [0.2, 0.25) is 5.91 Å². The van der Waals surface area contributed by atoms with Gasteiger partial charge >= 0.3 is 0 Å². The first-order valence-electron chi connectivity index (χ1n) is 12.2. The Hall–Kier alpha value is -3.34. The molecule has 10 heteroatoms. The maximum absolute atomic E-state index is 13.7. The molecule has 5 rings (SSSR count). The number of carbonyl (C=O) groups is 2. The van der Waals surface area contributed by atoms with Gasteiger partial charge in [0.15, 0.2) is 0 Å². The van der Waals surface area contributed by atoms with Crippen molar-refractivity contribution < 1.29 is 9.59 Å². The molecule has 8 nitrogen and oxygen atoms in total. The molecule has 2 amide bonds. The van der Waals surface area contributed by atoms with Crippen molar-refractivity contribution >= 4 is 34.5 Å². The van der Waals surface area contributed by atoms with Gasteiger partial charge in [-0.05, 0) is 36.6 Å². The van der Waals surface area contributed by atoms with E-state index in [1.807, 2.05) is 30.0 Å². The van der Waals surface area contributed by atoms with E-state index in [0.29, 0.717) is 44.8 Å². The molecule has 192 valence electrons. The Morgan fingerprint density at radius 1 is 1.05 bits per heavy atom. The summed E-state index contributed by atoms with van der Waals surface area (Å²) in [5, 5.41) is 5.06. The largest absolute Gasteiger partial charge is 0.348 e. The molecule has 1 fully saturated rings. The molecule has 0 bridgehead atoms. The third-order valence-corrected chi connectivity index (χ3v) is 8.45. The van der Waals surface area contributed by atoms with Crippen molar-refractivity contribution in [3.05, 3.63) is 69.6 Å². The molecule has 0 atom stereocenters. The van der Waals surface area contributed by atoms with E-state index >= 15 is 0 Å². The summed E-state index contributed by atoms with van der Waals surface area (Å²) < 4.78 is 2.20. The molecule has 5 heterocycles. The van der Waals surface area contributed by atoms with E-state index < -0.39 is 0 Å². The van der Waals surface area contributed by atoms with E-state index in [-0.39, 0.29) is 11.8 Å². The Balaban J connectivity index is 1.41. The van der Waals surface area contributed by atoms with Crippen LogP contribution in [0.1, 0.15) is 20.9 Å². The number of likely N-dealkylation sites (N-methyl/N-ethyl adjacent to an activating group) is 1. The summed E-state index contributed by atoms with van der Waals surface area (Å²) in [5.41, 5.74) is 4.49. The second-order valence-electron chi connectivity index (χ2n) is 9.32. The van der Waals surface area contributed by atoms with Crippen LogP contribution in [-0.4, -0.2) is 87.9 Å². The van der Waals surface area contributed by atoms with E-state index in [1.54, 1.807) is 54.1 Å². The highest BCUT2D eigenvalue weighted by Crippen LogP contribution is 2.32. The van der Waals surface area contributed by atoms with Crippen LogP contribution in [0.5, 0.6) is 0 Å². The van der Waals surface area contributed by atoms with Gasteiger partial charge in [-0.2, -0.15) is 0 Å². The van der Waals surface area contributed by atoms with Crippen LogP contribution in [0.25, 0.3) is 22.0 Å². The number of aromatic nitrogens is 3. The van der Waals surface area contributed by atoms with E-state index in [1.165, 1.54) is 4.88 Å². The average molecular weight is 535 g/mol. The van der Waals surface area contributed by atoms with E-state index in [9.17, 15) is 9.59 Å². The zero-order valence-electron chi connectivity index (χ0n) is 21.3. The Labute approximate surface area is 224 Å². The molecule has 1 aliphatic rings. The number of pyridine rings is 1. The number of thiophene rings is 1. The lowest BCUT2D eigenvalue weighted by molar-refractivity contribution is -0.130. The van der Waals surface area contributed by atoms with Gasteiger partial charge in [-0.15, -0.1) is 22.7 Å². The molecule has 0 radical (unpaired) electrons. The minimum atomic E-state index is 0.0341. The molecule has 37 heavy (non-hydrogen) atoms. The van der Waals surface area contributed by atoms with Crippen molar-refractivity contribution in [2.24, 2.45) is 0 Å². The molecule has 0 unspecified atom stereocenters. The van der Waals surface area contributed by atoms with Gasteiger partial charge in [0.1, 0.15) is 5.01 Å². The van der Waals surface area contributed by atoms with Crippen LogP contribution < -0.4 is 0 Å². The van der Waals surface area contributed by atoms with E-state index in [0.717, 1.165) is 27.7 Å². The van der Waals surface area contributed by atoms with Crippen LogP contribution in [0, 0.1) is 6.92 Å². The summed E-state index contributed by atoms with van der Waals surface area (Å²) in [6.07, 6.45) is 3.54. The van der Waals surface area contributed by atoms with Crippen molar-refractivity contribution in [3.63, 3.8) is 0 Å². The molecular formula is C27H30N6O2S2. The smallest absolute Gasteiger partial charge is 0.255 e. The number of thiazole rings is 1. The van der Waals surface area contributed by atoms with Gasteiger partial charge in [0.25, 0.3) is 5.91 Å². The first kappa shape index (κ1) is 25.3. The number of rotatable bonds is 7. The highest BCUT2D eigenvalue weighted by Gasteiger charge is 2.27. The lowest BCUT2D eigenvalue weighted by Gasteiger charge is -2.34. The highest BCUT2D eigenvalue weighted by molar-refractivity contribution is 7.13. The van der Waals surface area contributed by atoms with Gasteiger partial charge < -0.3 is 14.4 Å². The lowest BCUT2D eigenvalue weighted by Crippen LogP contribution is -2.51. The fourth-order valence-corrected chi connectivity index (χ4v) is 5.98. The predicted octanol–water partition coefficient (Wildman–Crippen LogP) is 3.94. The van der Waals surface area contributed by atoms with Gasteiger partial charge in [0, 0.05) is 74.2 Å². The number of nitrogens with zero attached hydrogens (tertiary/aromatic N) is 6. The lowest BCUT2D eigenvalue weighted by atomic mass is 10.2. The summed E-state index contributed by atoms with van der Waals surface area (Å²) in [7, 11) is 3.54. The fourth-order valence-electron chi connectivity index (χ4n) is 4.47. The number of hydrogen-bond acceptors (Lipinski definition) is 7. The average Bonchev–Trinajstić information content (AvgIpc) is 3.67. The molecule has 0 aliphatic carbocycles. The maximum atomic E-state index is 13.7. The fraction of sp³-hybridized carbons (Fsp3) is 0.333. The minimum absolute atomic E-state index is 0.0341. The number of piperazine rings is 1. The van der Waals surface area contributed by atoms with Crippen LogP contribution in [0.15, 0.2) is 53.5 Å². The monoisotopic (exact) mass is 534 g/mol. The van der Waals surface area contributed by atoms with Gasteiger partial charge in [-0.1, -0.05) is 6.07 Å². The predicted molar refractivity (Wildman–Crippen MR) is 148 cm³/mol. The Morgan fingerprint density at radius 3 is 2.49 bits per heavy atom. The second kappa shape index (κ2) is 11.0. The van der Waals surface area contributed by atoms with Crippen LogP contribution in [0.3, 0.4) is 0 Å². The SMILES string of the molecule is Cc1c(C(=O)N2CCN(CC(=O)N(C)C)CC2)cc(-c2csc(-c3ccncc3)n2)n1Cc1cccs1. The van der Waals surface area contributed by atoms with Crippen molar-refractivity contribution in [2.45, 2.75) is 13.5 Å². The molecule has 0 spiro atoms. The Bertz CT molecular complexity index is 1370. The Morgan fingerprint density at radius 2 is 1.81 bits per heavy atom. The summed E-state index contributed by atoms with van der Waals surface area (Å²) >= 11 is 3.30. The molecular weight excluding hydrogens is 504 g/mol. The first-order valence-corrected chi connectivity index (χ1v) is 14.0. The Kier molecular flexibility index (Phi) is 7.50. The van der Waals surface area contributed by atoms with Gasteiger partial charge in [0.05, 0.1) is 30.0 Å². The number of amides is 2. The van der Waals surface area contributed by atoms with Crippen molar-refractivity contribution in [2.75, 3.05) is 46.8 Å². The molecule has 1 aliphatic heterocycles. The van der Waals surface area contributed by atoms with Crippen molar-refractivity contribution in [3.8, 4) is 22.0 Å². The zero-order valence-corrected chi connectivity index (χ0v) is 22.9. The summed E-state index contributed by atoms with van der Waals surface area (Å²) in [4.78, 5) is 41.6. The normalized spacial score (nSPS) is 14.2. The maximum Gasteiger partial charge on any atom is 0.255 e. The summed E-state index contributed by atoms with van der Waals surface area (Å²) in [5.74, 6) is 0.118. The molecule has 4 aromatic heterocycles. The third kappa shape index (κ3) is 5.51. The van der Waals surface area contributed by atoms with Crippen LogP contribution >= 0.6 is 22.7 Å². The van der Waals surface area contributed by atoms with E-state index in [4.69, 9.17) is 4.98 Å². The molecule has 4 aromatic rings. The number of carbonyl (C=O) groups excluding carboxylic acids is 2. The molecule has 0 N–H and O–H groups in total. The topological polar surface area (TPSA) is 74.6 Å². The van der Waals surface area contributed by atoms with Crippen LogP contribution in [-0.2, 0) is 11.3 Å². The highest BCUT2D eigenvalue weighted by atomic mass is 32.1. The van der Waals surface area contributed by atoms with Crippen molar-refractivity contribution in [1.82, 2.24) is 29.2 Å². The molecule has 0 aromatic carbocycles. The minimum Gasteiger partial charge on any atom is -0.348 e. The summed E-state index contributed by atoms with van der Waals surface area (Å²) in [6, 6.07) is 10.1. The zero-order chi connectivity index (χ0) is 25.9. The van der Waals surface area contributed by atoms with Gasteiger partial charge in [-0.25, -0.2) is 4.98 Å². The first-order chi connectivity index (χ1) is 17.9. The summed E-state index contributed by atoms with van der Waals surface area (Å²) in [6.45, 7) is 5.68. The van der Waals surface area contributed by atoms with Crippen molar-refractivity contribution in [1.29, 1.82) is 0 Å². The van der Waals surface area contributed by atoms with E-state index in [2.05, 4.69) is 37.3 Å². The van der Waals surface area contributed by atoms with Gasteiger partial charge in [-0.3, -0.25) is 19.5 Å². The van der Waals surface area contributed by atoms with Crippen LogP contribution in [0.2, 0.25) is 0 Å². The second-order valence-corrected chi connectivity index (χ2v) is 11.2. The molecule has 1 saturated heterocycles. The number of hydrogen-bond donors (Lipinski definition) is 0.